The molecule has 1 rings (SSSR count). The average Bonchev–Trinajstić information content (AvgIpc) is 2.27. The van der Waals surface area contributed by atoms with Gasteiger partial charge in [0.25, 0.3) is 0 Å². The van der Waals surface area contributed by atoms with Crippen LogP contribution in [0.3, 0.4) is 0 Å². The maximum absolute atomic E-state index is 12.9. The SMILES string of the molecule is CCCC(C)NCC(=O)Nc1cccc(F)c1. The molecule has 1 aromatic carbocycles. The molecule has 94 valence electrons. The standard InChI is InChI=1S/C13H19FN2O/c1-3-5-10(2)15-9-13(17)16-12-7-4-6-11(14)8-12/h4,6-8,10,15H,3,5,9H2,1-2H3,(H,16,17). The Balaban J connectivity index is 2.34. The highest BCUT2D eigenvalue weighted by Crippen LogP contribution is 2.08. The molecule has 0 aliphatic heterocycles. The molecule has 0 fully saturated rings. The molecule has 1 amide bonds. The fraction of sp³-hybridized carbons (Fsp3) is 0.462. The smallest absolute Gasteiger partial charge is 0.238 e. The summed E-state index contributed by atoms with van der Waals surface area (Å²) >= 11 is 0. The second-order valence-corrected chi connectivity index (χ2v) is 4.13. The number of anilines is 1. The first-order valence-corrected chi connectivity index (χ1v) is 5.90. The van der Waals surface area contributed by atoms with Crippen LogP contribution < -0.4 is 10.6 Å². The molecule has 3 nitrogen and oxygen atoms in total. The first kappa shape index (κ1) is 13.6. The van der Waals surface area contributed by atoms with Crippen LogP contribution in [0.15, 0.2) is 24.3 Å². The summed E-state index contributed by atoms with van der Waals surface area (Å²) in [6.45, 7) is 4.39. The third-order valence-corrected chi connectivity index (χ3v) is 2.44. The summed E-state index contributed by atoms with van der Waals surface area (Å²) in [5, 5.41) is 5.75. The molecule has 0 radical (unpaired) electrons. The van der Waals surface area contributed by atoms with Gasteiger partial charge < -0.3 is 10.6 Å². The minimum atomic E-state index is -0.352. The fourth-order valence-corrected chi connectivity index (χ4v) is 1.57. The van der Waals surface area contributed by atoms with E-state index in [4.69, 9.17) is 0 Å². The topological polar surface area (TPSA) is 41.1 Å². The van der Waals surface area contributed by atoms with Crippen molar-refractivity contribution < 1.29 is 9.18 Å². The van der Waals surface area contributed by atoms with E-state index in [9.17, 15) is 9.18 Å². The van der Waals surface area contributed by atoms with Crippen LogP contribution in [0, 0.1) is 5.82 Å². The summed E-state index contributed by atoms with van der Waals surface area (Å²) in [4.78, 5) is 11.5. The van der Waals surface area contributed by atoms with E-state index in [1.807, 2.05) is 6.92 Å². The number of rotatable bonds is 6. The van der Waals surface area contributed by atoms with Crippen molar-refractivity contribution in [2.45, 2.75) is 32.7 Å². The van der Waals surface area contributed by atoms with Crippen LogP contribution in [-0.2, 0) is 4.79 Å². The monoisotopic (exact) mass is 238 g/mol. The Morgan fingerprint density at radius 2 is 2.24 bits per heavy atom. The largest absolute Gasteiger partial charge is 0.325 e. The molecular weight excluding hydrogens is 219 g/mol. The van der Waals surface area contributed by atoms with E-state index in [0.717, 1.165) is 12.8 Å². The lowest BCUT2D eigenvalue weighted by Gasteiger charge is -2.12. The van der Waals surface area contributed by atoms with Crippen molar-refractivity contribution in [1.82, 2.24) is 5.32 Å². The van der Waals surface area contributed by atoms with Gasteiger partial charge in [-0.15, -0.1) is 0 Å². The highest BCUT2D eigenvalue weighted by Gasteiger charge is 2.05. The summed E-state index contributed by atoms with van der Waals surface area (Å²) in [5.41, 5.74) is 0.486. The van der Waals surface area contributed by atoms with Crippen molar-refractivity contribution in [2.75, 3.05) is 11.9 Å². The van der Waals surface area contributed by atoms with Crippen molar-refractivity contribution in [3.8, 4) is 0 Å². The van der Waals surface area contributed by atoms with Gasteiger partial charge in [0.2, 0.25) is 5.91 Å². The molecule has 1 aromatic rings. The van der Waals surface area contributed by atoms with E-state index in [-0.39, 0.29) is 18.3 Å². The lowest BCUT2D eigenvalue weighted by Crippen LogP contribution is -2.34. The maximum Gasteiger partial charge on any atom is 0.238 e. The summed E-state index contributed by atoms with van der Waals surface area (Å²) in [6, 6.07) is 6.19. The zero-order valence-electron chi connectivity index (χ0n) is 10.3. The molecule has 0 aliphatic carbocycles. The van der Waals surface area contributed by atoms with Crippen LogP contribution in [0.2, 0.25) is 0 Å². The number of amides is 1. The van der Waals surface area contributed by atoms with E-state index < -0.39 is 0 Å². The van der Waals surface area contributed by atoms with Crippen LogP contribution in [0.1, 0.15) is 26.7 Å². The molecule has 0 aliphatic rings. The molecule has 0 saturated heterocycles. The Kier molecular flexibility index (Phi) is 5.63. The molecule has 0 saturated carbocycles. The molecule has 1 atom stereocenters. The number of halogens is 1. The predicted molar refractivity (Wildman–Crippen MR) is 67.4 cm³/mol. The maximum atomic E-state index is 12.9. The highest BCUT2D eigenvalue weighted by molar-refractivity contribution is 5.92. The van der Waals surface area contributed by atoms with Crippen LogP contribution in [0.5, 0.6) is 0 Å². The number of nitrogens with one attached hydrogen (secondary N) is 2. The van der Waals surface area contributed by atoms with Gasteiger partial charge in [0, 0.05) is 11.7 Å². The summed E-state index contributed by atoms with van der Waals surface area (Å²) < 4.78 is 12.9. The van der Waals surface area contributed by atoms with Gasteiger partial charge in [-0.2, -0.15) is 0 Å². The zero-order chi connectivity index (χ0) is 12.7. The quantitative estimate of drug-likeness (QED) is 0.799. The van der Waals surface area contributed by atoms with E-state index in [1.165, 1.54) is 12.1 Å². The summed E-state index contributed by atoms with van der Waals surface area (Å²) in [5.74, 6) is -0.506. The minimum absolute atomic E-state index is 0.154. The van der Waals surface area contributed by atoms with Gasteiger partial charge in [-0.05, 0) is 31.5 Å². The third-order valence-electron chi connectivity index (χ3n) is 2.44. The van der Waals surface area contributed by atoms with Crippen LogP contribution >= 0.6 is 0 Å². The summed E-state index contributed by atoms with van der Waals surface area (Å²) in [6.07, 6.45) is 2.12. The van der Waals surface area contributed by atoms with Crippen molar-refractivity contribution in [3.63, 3.8) is 0 Å². The molecule has 1 unspecified atom stereocenters. The molecule has 17 heavy (non-hydrogen) atoms. The van der Waals surface area contributed by atoms with E-state index in [2.05, 4.69) is 17.6 Å². The van der Waals surface area contributed by atoms with Gasteiger partial charge in [0.1, 0.15) is 5.82 Å². The molecule has 0 aromatic heterocycles. The van der Waals surface area contributed by atoms with E-state index in [1.54, 1.807) is 12.1 Å². The number of hydrogen-bond acceptors (Lipinski definition) is 2. The molecule has 0 spiro atoms. The predicted octanol–water partition coefficient (Wildman–Crippen LogP) is 2.54. The lowest BCUT2D eigenvalue weighted by atomic mass is 10.2. The number of carbonyl (C=O) groups excluding carboxylic acids is 1. The second kappa shape index (κ2) is 7.01. The van der Waals surface area contributed by atoms with Gasteiger partial charge >= 0.3 is 0 Å². The molecule has 0 heterocycles. The second-order valence-electron chi connectivity index (χ2n) is 4.13. The van der Waals surface area contributed by atoms with E-state index >= 15 is 0 Å². The minimum Gasteiger partial charge on any atom is -0.325 e. The number of carbonyl (C=O) groups is 1. The number of hydrogen-bond donors (Lipinski definition) is 2. The van der Waals surface area contributed by atoms with Crippen LogP contribution in [-0.4, -0.2) is 18.5 Å². The Bertz CT molecular complexity index is 368. The van der Waals surface area contributed by atoms with Gasteiger partial charge in [0.15, 0.2) is 0 Å². The molecule has 2 N–H and O–H groups in total. The molecule has 0 bridgehead atoms. The number of benzene rings is 1. The van der Waals surface area contributed by atoms with Crippen molar-refractivity contribution >= 4 is 11.6 Å². The zero-order valence-corrected chi connectivity index (χ0v) is 10.3. The Morgan fingerprint density at radius 1 is 1.47 bits per heavy atom. The van der Waals surface area contributed by atoms with Gasteiger partial charge in [-0.1, -0.05) is 19.4 Å². The van der Waals surface area contributed by atoms with E-state index in [0.29, 0.717) is 11.7 Å². The Morgan fingerprint density at radius 3 is 2.88 bits per heavy atom. The van der Waals surface area contributed by atoms with Crippen molar-refractivity contribution in [3.05, 3.63) is 30.1 Å². The van der Waals surface area contributed by atoms with Gasteiger partial charge in [-0.3, -0.25) is 4.79 Å². The third kappa shape index (κ3) is 5.45. The Hall–Kier alpha value is -1.42. The van der Waals surface area contributed by atoms with Crippen molar-refractivity contribution in [1.29, 1.82) is 0 Å². The highest BCUT2D eigenvalue weighted by atomic mass is 19.1. The average molecular weight is 238 g/mol. The summed E-state index contributed by atoms with van der Waals surface area (Å²) in [7, 11) is 0. The first-order chi connectivity index (χ1) is 8.11. The lowest BCUT2D eigenvalue weighted by molar-refractivity contribution is -0.115. The van der Waals surface area contributed by atoms with Crippen LogP contribution in [0.4, 0.5) is 10.1 Å². The normalized spacial score (nSPS) is 12.2. The van der Waals surface area contributed by atoms with Gasteiger partial charge in [0.05, 0.1) is 6.54 Å². The van der Waals surface area contributed by atoms with Crippen molar-refractivity contribution in [2.24, 2.45) is 0 Å². The first-order valence-electron chi connectivity index (χ1n) is 5.90. The van der Waals surface area contributed by atoms with Crippen LogP contribution in [0.25, 0.3) is 0 Å². The van der Waals surface area contributed by atoms with Gasteiger partial charge in [-0.25, -0.2) is 4.39 Å². The Labute approximate surface area is 101 Å². The molecular formula is C13H19FN2O. The fourth-order valence-electron chi connectivity index (χ4n) is 1.57. The molecule has 4 heteroatoms.